The summed E-state index contributed by atoms with van der Waals surface area (Å²) in [5.41, 5.74) is 1.19. The number of benzene rings is 1. The number of rotatable bonds is 1. The summed E-state index contributed by atoms with van der Waals surface area (Å²) >= 11 is 0. The maximum absolute atomic E-state index is 12.1. The third-order valence-corrected chi connectivity index (χ3v) is 3.25. The minimum absolute atomic E-state index is 0.0266. The summed E-state index contributed by atoms with van der Waals surface area (Å²) in [5, 5.41) is 19.1. The first-order chi connectivity index (χ1) is 9.47. The quantitative estimate of drug-likeness (QED) is 0.616. The number of aryl methyl sites for hydroxylation is 2. The van der Waals surface area contributed by atoms with Gasteiger partial charge >= 0.3 is 0 Å². The van der Waals surface area contributed by atoms with E-state index in [9.17, 15) is 15.0 Å². The summed E-state index contributed by atoms with van der Waals surface area (Å²) in [4.78, 5) is 12.1. The van der Waals surface area contributed by atoms with E-state index in [1.165, 1.54) is 18.2 Å². The Bertz CT molecular complexity index is 732. The van der Waals surface area contributed by atoms with Crippen molar-refractivity contribution in [3.8, 4) is 17.2 Å². The molecule has 1 aromatic carbocycles. The molecule has 5 heteroatoms. The van der Waals surface area contributed by atoms with Gasteiger partial charge in [0.2, 0.25) is 11.5 Å². The van der Waals surface area contributed by atoms with E-state index in [0.717, 1.165) is 11.3 Å². The van der Waals surface area contributed by atoms with E-state index in [4.69, 9.17) is 9.15 Å². The number of phenols is 2. The van der Waals surface area contributed by atoms with Crippen molar-refractivity contribution in [2.45, 2.75) is 13.8 Å². The van der Waals surface area contributed by atoms with Crippen LogP contribution < -0.4 is 4.74 Å². The van der Waals surface area contributed by atoms with Crippen LogP contribution in [0.3, 0.4) is 0 Å². The van der Waals surface area contributed by atoms with Crippen LogP contribution in [0.2, 0.25) is 0 Å². The molecule has 20 heavy (non-hydrogen) atoms. The van der Waals surface area contributed by atoms with Crippen LogP contribution in [0.5, 0.6) is 17.2 Å². The van der Waals surface area contributed by atoms with Gasteiger partial charge in [0.25, 0.3) is 0 Å². The number of ketones is 1. The van der Waals surface area contributed by atoms with Crippen LogP contribution in [-0.2, 0) is 0 Å². The summed E-state index contributed by atoms with van der Waals surface area (Å²) in [6.07, 6.45) is 1.47. The van der Waals surface area contributed by atoms with Gasteiger partial charge in [0.05, 0.1) is 5.56 Å². The first kappa shape index (κ1) is 12.3. The maximum Gasteiger partial charge on any atom is 0.232 e. The topological polar surface area (TPSA) is 79.9 Å². The highest BCUT2D eigenvalue weighted by molar-refractivity contribution is 6.15. The molecule has 2 aromatic rings. The van der Waals surface area contributed by atoms with Gasteiger partial charge < -0.3 is 19.4 Å². The largest absolute Gasteiger partial charge is 0.504 e. The molecule has 0 amide bonds. The van der Waals surface area contributed by atoms with Crippen LogP contribution in [0.25, 0.3) is 6.08 Å². The fourth-order valence-electron chi connectivity index (χ4n) is 2.03. The van der Waals surface area contributed by atoms with E-state index in [1.807, 2.05) is 13.8 Å². The zero-order chi connectivity index (χ0) is 14.4. The number of fused-ring (bicyclic) bond motifs is 1. The number of aromatic hydroxyl groups is 2. The van der Waals surface area contributed by atoms with Gasteiger partial charge in [-0.1, -0.05) is 0 Å². The summed E-state index contributed by atoms with van der Waals surface area (Å²) < 4.78 is 10.8. The van der Waals surface area contributed by atoms with E-state index < -0.39 is 5.75 Å². The van der Waals surface area contributed by atoms with Crippen LogP contribution in [0, 0.1) is 13.8 Å². The highest BCUT2D eigenvalue weighted by Gasteiger charge is 2.31. The van der Waals surface area contributed by atoms with Gasteiger partial charge in [-0.15, -0.1) is 0 Å². The summed E-state index contributed by atoms with van der Waals surface area (Å²) in [6, 6.07) is 4.45. The molecule has 0 aliphatic carbocycles. The molecule has 1 aromatic heterocycles. The second-order valence-corrected chi connectivity index (χ2v) is 4.64. The molecule has 0 atom stereocenters. The summed E-state index contributed by atoms with van der Waals surface area (Å²) in [6.45, 7) is 3.73. The number of Topliss-reactive ketones (excluding diaryl/α,β-unsaturated/α-hetero) is 1. The van der Waals surface area contributed by atoms with Crippen LogP contribution >= 0.6 is 0 Å². The first-order valence-corrected chi connectivity index (χ1v) is 6.03. The Balaban J connectivity index is 2.03. The summed E-state index contributed by atoms with van der Waals surface area (Å²) in [5.74, 6) is 0.159. The van der Waals surface area contributed by atoms with Crippen molar-refractivity contribution in [2.75, 3.05) is 0 Å². The molecule has 5 nitrogen and oxygen atoms in total. The second kappa shape index (κ2) is 4.16. The highest BCUT2D eigenvalue weighted by atomic mass is 16.5. The molecule has 102 valence electrons. The monoisotopic (exact) mass is 272 g/mol. The molecule has 1 aliphatic heterocycles. The van der Waals surface area contributed by atoms with Gasteiger partial charge in [0.15, 0.2) is 17.3 Å². The smallest absolute Gasteiger partial charge is 0.232 e. The predicted molar refractivity (Wildman–Crippen MR) is 70.9 cm³/mol. The van der Waals surface area contributed by atoms with Crippen molar-refractivity contribution in [2.24, 2.45) is 0 Å². The van der Waals surface area contributed by atoms with Gasteiger partial charge in [-0.25, -0.2) is 0 Å². The van der Waals surface area contributed by atoms with Crippen molar-refractivity contribution in [3.63, 3.8) is 0 Å². The third kappa shape index (κ3) is 1.75. The van der Waals surface area contributed by atoms with E-state index in [-0.39, 0.29) is 28.6 Å². The number of hydrogen-bond acceptors (Lipinski definition) is 5. The third-order valence-electron chi connectivity index (χ3n) is 3.25. The average Bonchev–Trinajstić information content (AvgIpc) is 2.88. The maximum atomic E-state index is 12.1. The average molecular weight is 272 g/mol. The second-order valence-electron chi connectivity index (χ2n) is 4.64. The van der Waals surface area contributed by atoms with Gasteiger partial charge in [0.1, 0.15) is 11.5 Å². The lowest BCUT2D eigenvalue weighted by Crippen LogP contribution is -1.97. The van der Waals surface area contributed by atoms with Gasteiger partial charge in [-0.05, 0) is 37.6 Å². The molecule has 0 fully saturated rings. The van der Waals surface area contributed by atoms with Crippen LogP contribution in [-0.4, -0.2) is 16.0 Å². The lowest BCUT2D eigenvalue weighted by Gasteiger charge is -2.02. The Morgan fingerprint density at radius 2 is 1.95 bits per heavy atom. The molecule has 1 aliphatic rings. The minimum atomic E-state index is -0.439. The van der Waals surface area contributed by atoms with Gasteiger partial charge in [-0.2, -0.15) is 0 Å². The highest BCUT2D eigenvalue weighted by Crippen LogP contribution is 2.44. The Morgan fingerprint density at radius 3 is 2.60 bits per heavy atom. The van der Waals surface area contributed by atoms with Crippen LogP contribution in [0.15, 0.2) is 28.4 Å². The lowest BCUT2D eigenvalue weighted by atomic mass is 10.1. The SMILES string of the molecule is Cc1cc(C=C2Oc3c(ccc(O)c3O)C2=O)oc1C. The van der Waals surface area contributed by atoms with E-state index in [2.05, 4.69) is 0 Å². The standard InChI is InChI=1S/C15H12O5/c1-7-5-9(19-8(7)2)6-12-13(17)10-3-4-11(16)14(18)15(10)20-12/h3-6,16,18H,1-2H3. The number of furan rings is 1. The molecule has 0 saturated heterocycles. The fourth-order valence-corrected chi connectivity index (χ4v) is 2.03. The molecular formula is C15H12O5. The molecular weight excluding hydrogens is 260 g/mol. The number of ether oxygens (including phenoxy) is 1. The predicted octanol–water partition coefficient (Wildman–Crippen LogP) is 2.92. The number of allylic oxidation sites excluding steroid dienone is 1. The lowest BCUT2D eigenvalue weighted by molar-refractivity contribution is 0.101. The normalized spacial score (nSPS) is 15.5. The van der Waals surface area contributed by atoms with Gasteiger partial charge in [-0.3, -0.25) is 4.79 Å². The van der Waals surface area contributed by atoms with E-state index >= 15 is 0 Å². The Kier molecular flexibility index (Phi) is 2.57. The number of hydrogen-bond donors (Lipinski definition) is 2. The van der Waals surface area contributed by atoms with Crippen molar-refractivity contribution < 1.29 is 24.2 Å². The van der Waals surface area contributed by atoms with Crippen molar-refractivity contribution >= 4 is 11.9 Å². The Hall–Kier alpha value is -2.69. The molecule has 0 saturated carbocycles. The zero-order valence-electron chi connectivity index (χ0n) is 10.9. The molecule has 0 bridgehead atoms. The first-order valence-electron chi connectivity index (χ1n) is 6.03. The van der Waals surface area contributed by atoms with Crippen molar-refractivity contribution in [1.29, 1.82) is 0 Å². The van der Waals surface area contributed by atoms with E-state index in [1.54, 1.807) is 6.07 Å². The van der Waals surface area contributed by atoms with Crippen molar-refractivity contribution in [1.82, 2.24) is 0 Å². The number of phenolic OH excluding ortho intramolecular Hbond substituents is 2. The van der Waals surface area contributed by atoms with Crippen LogP contribution in [0.4, 0.5) is 0 Å². The molecule has 0 spiro atoms. The Labute approximate surface area is 114 Å². The Morgan fingerprint density at radius 1 is 1.20 bits per heavy atom. The van der Waals surface area contributed by atoms with Crippen LogP contribution in [0.1, 0.15) is 27.4 Å². The van der Waals surface area contributed by atoms with Crippen molar-refractivity contribution in [3.05, 3.63) is 46.6 Å². The molecule has 0 unspecified atom stereocenters. The van der Waals surface area contributed by atoms with E-state index in [0.29, 0.717) is 5.76 Å². The number of carbonyl (C=O) groups excluding carboxylic acids is 1. The molecule has 2 N–H and O–H groups in total. The number of carbonyl (C=O) groups is 1. The van der Waals surface area contributed by atoms with Gasteiger partial charge in [0, 0.05) is 6.08 Å². The minimum Gasteiger partial charge on any atom is -0.504 e. The summed E-state index contributed by atoms with van der Waals surface area (Å²) in [7, 11) is 0. The fraction of sp³-hybridized carbons (Fsp3) is 0.133. The molecule has 2 heterocycles. The molecule has 3 rings (SSSR count). The zero-order valence-corrected chi connectivity index (χ0v) is 10.9. The molecule has 0 radical (unpaired) electrons.